The Hall–Kier alpha value is -3.89. The molecule has 0 atom stereocenters. The van der Waals surface area contributed by atoms with Crippen LogP contribution in [-0.4, -0.2) is 11.6 Å². The van der Waals surface area contributed by atoms with E-state index in [0.717, 1.165) is 5.56 Å². The van der Waals surface area contributed by atoms with Gasteiger partial charge in [-0.3, -0.25) is 9.59 Å². The molecule has 0 heterocycles. The first-order valence-electron chi connectivity index (χ1n) is 9.50. The first-order chi connectivity index (χ1) is 14.3. The van der Waals surface area contributed by atoms with Crippen molar-refractivity contribution in [1.29, 1.82) is 0 Å². The number of benzene rings is 2. The minimum Gasteiger partial charge on any atom is -0.456 e. The average Bonchev–Trinajstić information content (AvgIpc) is 2.72. The molecule has 148 valence electrons. The zero-order valence-corrected chi connectivity index (χ0v) is 16.8. The fourth-order valence-electron chi connectivity index (χ4n) is 3.52. The molecule has 2 aromatic carbocycles. The van der Waals surface area contributed by atoms with Gasteiger partial charge < -0.3 is 4.74 Å². The van der Waals surface area contributed by atoms with Crippen LogP contribution in [0.1, 0.15) is 42.3 Å². The van der Waals surface area contributed by atoms with Crippen LogP contribution < -0.4 is 4.74 Å². The van der Waals surface area contributed by atoms with Crippen molar-refractivity contribution in [2.24, 2.45) is 5.11 Å². The Balaban J connectivity index is 1.87. The Morgan fingerprint density at radius 1 is 0.900 bits per heavy atom. The van der Waals surface area contributed by atoms with Gasteiger partial charge in [0.15, 0.2) is 11.6 Å². The highest BCUT2D eigenvalue weighted by Crippen LogP contribution is 2.39. The molecule has 0 saturated heterocycles. The Morgan fingerprint density at radius 3 is 2.20 bits per heavy atom. The predicted octanol–water partition coefficient (Wildman–Crippen LogP) is 5.67. The highest BCUT2D eigenvalue weighted by molar-refractivity contribution is 6.30. The lowest BCUT2D eigenvalue weighted by Crippen LogP contribution is -2.25. The number of carbonyl (C=O) groups is 2. The van der Waals surface area contributed by atoms with Crippen LogP contribution >= 0.6 is 0 Å². The molecule has 30 heavy (non-hydrogen) atoms. The number of carbonyl (C=O) groups excluding carboxylic acids is 2. The summed E-state index contributed by atoms with van der Waals surface area (Å²) in [4.78, 5) is 28.7. The van der Waals surface area contributed by atoms with E-state index in [2.05, 4.69) is 30.8 Å². The minimum absolute atomic E-state index is 0.00544. The molecule has 2 aliphatic carbocycles. The maximum atomic E-state index is 13.0. The van der Waals surface area contributed by atoms with Gasteiger partial charge in [-0.15, -0.1) is 0 Å². The van der Waals surface area contributed by atoms with Crippen molar-refractivity contribution in [2.75, 3.05) is 0 Å². The highest BCUT2D eigenvalue weighted by Gasteiger charge is 2.37. The lowest BCUT2D eigenvalue weighted by Gasteiger charge is -2.26. The van der Waals surface area contributed by atoms with E-state index in [-0.39, 0.29) is 33.8 Å². The first-order valence-corrected chi connectivity index (χ1v) is 9.50. The summed E-state index contributed by atoms with van der Waals surface area (Å²) in [5, 5.41) is 3.46. The molecule has 2 aliphatic rings. The van der Waals surface area contributed by atoms with E-state index in [1.807, 2.05) is 24.3 Å². The molecule has 0 aromatic heterocycles. The van der Waals surface area contributed by atoms with Gasteiger partial charge in [-0.25, -0.2) is 0 Å². The molecule has 0 spiro atoms. The number of rotatable bonds is 3. The zero-order chi connectivity index (χ0) is 21.5. The summed E-state index contributed by atoms with van der Waals surface area (Å²) in [5.41, 5.74) is 11.2. The van der Waals surface area contributed by atoms with Crippen LogP contribution in [0, 0.1) is 0 Å². The van der Waals surface area contributed by atoms with Gasteiger partial charge in [0.2, 0.25) is 0 Å². The van der Waals surface area contributed by atoms with Crippen molar-refractivity contribution < 1.29 is 14.3 Å². The highest BCUT2D eigenvalue weighted by atomic mass is 16.5. The quantitative estimate of drug-likeness (QED) is 0.379. The van der Waals surface area contributed by atoms with E-state index < -0.39 is 5.78 Å². The maximum Gasteiger partial charge on any atom is 0.199 e. The van der Waals surface area contributed by atoms with Crippen LogP contribution in [0.3, 0.4) is 0 Å². The zero-order valence-electron chi connectivity index (χ0n) is 16.8. The Labute approximate surface area is 173 Å². The van der Waals surface area contributed by atoms with E-state index in [9.17, 15) is 9.59 Å². The van der Waals surface area contributed by atoms with Gasteiger partial charge in [-0.1, -0.05) is 62.3 Å². The Bertz CT molecular complexity index is 1220. The number of fused-ring (bicyclic) bond motifs is 2. The molecule has 0 radical (unpaired) electrons. The van der Waals surface area contributed by atoms with Crippen LogP contribution in [0.2, 0.25) is 0 Å². The van der Waals surface area contributed by atoms with E-state index in [1.165, 1.54) is 12.2 Å². The normalized spacial score (nSPS) is 15.6. The second kappa shape index (κ2) is 7.17. The second-order valence-corrected chi connectivity index (χ2v) is 8.11. The van der Waals surface area contributed by atoms with Gasteiger partial charge in [0.05, 0.1) is 11.3 Å². The lowest BCUT2D eigenvalue weighted by molar-refractivity contribution is -0.112. The number of hydrogen-bond acceptors (Lipinski definition) is 4. The van der Waals surface area contributed by atoms with Crippen LogP contribution in [0.25, 0.3) is 16.2 Å². The van der Waals surface area contributed by atoms with Crippen molar-refractivity contribution in [3.8, 4) is 5.75 Å². The molecule has 4 rings (SSSR count). The standard InChI is InChI=1S/C24H19N3O3/c1-24(2,3)14-8-10-15(11-9-14)30-23-17-7-5-4-6-16(17)21(28)18-12-13-19(26-27-25)22(29)20(18)23/h4-13H,1-3H3. The minimum atomic E-state index is -0.533. The Morgan fingerprint density at radius 2 is 1.57 bits per heavy atom. The van der Waals surface area contributed by atoms with Gasteiger partial charge >= 0.3 is 0 Å². The van der Waals surface area contributed by atoms with Gasteiger partial charge in [0.1, 0.15) is 11.5 Å². The van der Waals surface area contributed by atoms with Crippen molar-refractivity contribution >= 4 is 17.3 Å². The smallest absolute Gasteiger partial charge is 0.199 e. The van der Waals surface area contributed by atoms with Gasteiger partial charge in [0.25, 0.3) is 0 Å². The monoisotopic (exact) mass is 397 g/mol. The topological polar surface area (TPSA) is 92.1 Å². The van der Waals surface area contributed by atoms with E-state index in [1.54, 1.807) is 24.3 Å². The molecule has 0 saturated carbocycles. The van der Waals surface area contributed by atoms with Crippen LogP contribution in [0.4, 0.5) is 0 Å². The summed E-state index contributed by atoms with van der Waals surface area (Å²) < 4.78 is 6.17. The predicted molar refractivity (Wildman–Crippen MR) is 114 cm³/mol. The maximum absolute atomic E-state index is 13.0. The molecule has 0 unspecified atom stereocenters. The summed E-state index contributed by atoms with van der Waals surface area (Å²) >= 11 is 0. The average molecular weight is 397 g/mol. The van der Waals surface area contributed by atoms with Crippen molar-refractivity contribution in [2.45, 2.75) is 26.2 Å². The Kier molecular flexibility index (Phi) is 4.65. The number of nitrogens with zero attached hydrogens (tertiary/aromatic N) is 3. The molecule has 0 amide bonds. The molecule has 0 N–H and O–H groups in total. The van der Waals surface area contributed by atoms with Crippen LogP contribution in [0.5, 0.6) is 5.75 Å². The van der Waals surface area contributed by atoms with Gasteiger partial charge in [0, 0.05) is 21.6 Å². The molecular weight excluding hydrogens is 378 g/mol. The number of ether oxygens (including phenoxy) is 1. The molecule has 6 nitrogen and oxygen atoms in total. The van der Waals surface area contributed by atoms with Crippen molar-refractivity contribution in [3.63, 3.8) is 0 Å². The second-order valence-electron chi connectivity index (χ2n) is 8.11. The van der Waals surface area contributed by atoms with E-state index in [4.69, 9.17) is 10.3 Å². The third-order valence-electron chi connectivity index (χ3n) is 5.12. The summed E-state index contributed by atoms with van der Waals surface area (Å²) in [6.45, 7) is 6.37. The summed E-state index contributed by atoms with van der Waals surface area (Å²) in [7, 11) is 0. The molecule has 2 aromatic rings. The molecular formula is C24H19N3O3. The molecule has 0 aliphatic heterocycles. The summed E-state index contributed by atoms with van der Waals surface area (Å²) in [6, 6.07) is 14.6. The largest absolute Gasteiger partial charge is 0.456 e. The van der Waals surface area contributed by atoms with Crippen molar-refractivity contribution in [1.82, 2.24) is 0 Å². The molecule has 6 heteroatoms. The van der Waals surface area contributed by atoms with Gasteiger partial charge in [-0.05, 0) is 40.8 Å². The first kappa shape index (κ1) is 19.4. The van der Waals surface area contributed by atoms with E-state index in [0.29, 0.717) is 16.9 Å². The van der Waals surface area contributed by atoms with Crippen LogP contribution in [-0.2, 0) is 10.2 Å². The van der Waals surface area contributed by atoms with Gasteiger partial charge in [-0.2, -0.15) is 0 Å². The summed E-state index contributed by atoms with van der Waals surface area (Å²) in [6.07, 6.45) is 2.87. The third kappa shape index (κ3) is 3.23. The number of hydrogen-bond donors (Lipinski definition) is 0. The lowest BCUT2D eigenvalue weighted by atomic mass is 9.81. The fourth-order valence-corrected chi connectivity index (χ4v) is 3.52. The molecule has 0 bridgehead atoms. The van der Waals surface area contributed by atoms with E-state index >= 15 is 0 Å². The summed E-state index contributed by atoms with van der Waals surface area (Å²) in [5.74, 6) is 0.0282. The third-order valence-corrected chi connectivity index (χ3v) is 5.12. The fraction of sp³-hybridized carbons (Fsp3) is 0.167. The SMILES string of the molecule is CC(C)(C)c1ccc(OC2=C3C(=O)C(N=[N+]=[N-])=CC=C3C(=O)c3ccccc32)cc1. The number of Topliss-reactive ketones (excluding diaryl/α,β-unsaturated/α-hetero) is 2. The van der Waals surface area contributed by atoms with Crippen molar-refractivity contribution in [3.05, 3.63) is 105 Å². The van der Waals surface area contributed by atoms with Crippen LogP contribution in [0.15, 0.2) is 82.6 Å². The number of allylic oxidation sites excluding steroid dienone is 4. The molecule has 0 fully saturated rings. The number of ketones is 2. The number of azide groups is 1.